The van der Waals surface area contributed by atoms with Crippen molar-refractivity contribution in [2.45, 2.75) is 44.2 Å². The van der Waals surface area contributed by atoms with Gasteiger partial charge in [-0.2, -0.15) is 4.98 Å². The van der Waals surface area contributed by atoms with Crippen molar-refractivity contribution in [2.24, 2.45) is 0 Å². The molecule has 2 aromatic carbocycles. The minimum atomic E-state index is -0.539. The van der Waals surface area contributed by atoms with Gasteiger partial charge in [0.05, 0.1) is 12.1 Å². The predicted molar refractivity (Wildman–Crippen MR) is 141 cm³/mol. The Balaban J connectivity index is 1.28. The highest BCUT2D eigenvalue weighted by atomic mass is 19.1. The van der Waals surface area contributed by atoms with Gasteiger partial charge in [-0.15, -0.1) is 0 Å². The third-order valence-electron chi connectivity index (χ3n) is 6.96. The molecule has 1 amide bonds. The molecule has 37 heavy (non-hydrogen) atoms. The number of nitrogens with zero attached hydrogens (tertiary/aromatic N) is 3. The molecule has 5 rings (SSSR count). The SMILES string of the molecule is CN(C)C1CCC(Nc2ncc3cc(-c4ccc(F)c(NC(=O)Cc5ccc(F)cc5)c4)[nH]c3n2)CC1. The lowest BCUT2D eigenvalue weighted by Gasteiger charge is -2.32. The highest BCUT2D eigenvalue weighted by Crippen LogP contribution is 2.28. The minimum absolute atomic E-state index is 0.0124. The van der Waals surface area contributed by atoms with Gasteiger partial charge in [0.25, 0.3) is 0 Å². The fourth-order valence-electron chi connectivity index (χ4n) is 4.83. The second-order valence-corrected chi connectivity index (χ2v) is 9.84. The van der Waals surface area contributed by atoms with Gasteiger partial charge in [-0.25, -0.2) is 13.8 Å². The number of benzene rings is 2. The van der Waals surface area contributed by atoms with Gasteiger partial charge in [0.2, 0.25) is 11.9 Å². The molecule has 3 N–H and O–H groups in total. The number of fused-ring (bicyclic) bond motifs is 1. The van der Waals surface area contributed by atoms with Crippen LogP contribution >= 0.6 is 0 Å². The number of aromatic nitrogens is 3. The Morgan fingerprint density at radius 2 is 1.81 bits per heavy atom. The van der Waals surface area contributed by atoms with Crippen molar-refractivity contribution in [3.8, 4) is 11.3 Å². The molecule has 1 fully saturated rings. The molecule has 1 aliphatic carbocycles. The first-order chi connectivity index (χ1) is 17.8. The Kier molecular flexibility index (Phi) is 7.14. The first-order valence-corrected chi connectivity index (χ1v) is 12.5. The number of halogens is 2. The number of anilines is 2. The summed E-state index contributed by atoms with van der Waals surface area (Å²) < 4.78 is 27.6. The number of rotatable bonds is 7. The Morgan fingerprint density at radius 1 is 1.05 bits per heavy atom. The standard InChI is InChI=1S/C28H30F2N6O/c1-36(2)22-10-8-21(9-11-22)32-28-31-16-19-15-24(34-27(19)35-28)18-5-12-23(30)25(14-18)33-26(37)13-17-3-6-20(29)7-4-17/h3-7,12,14-16,21-22H,8-11,13H2,1-2H3,(H,33,37)(H2,31,32,34,35). The fraction of sp³-hybridized carbons (Fsp3) is 0.321. The summed E-state index contributed by atoms with van der Waals surface area (Å²) >= 11 is 0. The van der Waals surface area contributed by atoms with Crippen molar-refractivity contribution in [1.29, 1.82) is 0 Å². The van der Waals surface area contributed by atoms with Crippen LogP contribution in [0.2, 0.25) is 0 Å². The normalized spacial score (nSPS) is 17.8. The molecule has 0 radical (unpaired) electrons. The molecule has 7 nitrogen and oxygen atoms in total. The second kappa shape index (κ2) is 10.6. The number of aromatic amines is 1. The van der Waals surface area contributed by atoms with Gasteiger partial charge in [-0.05, 0) is 81.7 Å². The van der Waals surface area contributed by atoms with Gasteiger partial charge in [0.1, 0.15) is 17.3 Å². The molecule has 0 spiro atoms. The number of hydrogen-bond donors (Lipinski definition) is 3. The van der Waals surface area contributed by atoms with Crippen LogP contribution in [0.5, 0.6) is 0 Å². The van der Waals surface area contributed by atoms with E-state index in [-0.39, 0.29) is 23.8 Å². The lowest BCUT2D eigenvalue weighted by Crippen LogP contribution is -2.36. The third kappa shape index (κ3) is 5.94. The van der Waals surface area contributed by atoms with Crippen LogP contribution in [-0.2, 0) is 11.2 Å². The Hall–Kier alpha value is -3.85. The number of nitrogens with one attached hydrogen (secondary N) is 3. The molecule has 2 heterocycles. The zero-order valence-electron chi connectivity index (χ0n) is 20.9. The van der Waals surface area contributed by atoms with E-state index in [1.807, 2.05) is 6.07 Å². The van der Waals surface area contributed by atoms with Crippen molar-refractivity contribution in [2.75, 3.05) is 24.7 Å². The van der Waals surface area contributed by atoms with E-state index in [4.69, 9.17) is 0 Å². The van der Waals surface area contributed by atoms with E-state index < -0.39 is 5.82 Å². The number of hydrogen-bond acceptors (Lipinski definition) is 5. The summed E-state index contributed by atoms with van der Waals surface area (Å²) in [5.74, 6) is -0.717. The van der Waals surface area contributed by atoms with Crippen LogP contribution in [0, 0.1) is 11.6 Å². The number of carbonyl (C=O) groups excluding carboxylic acids is 1. The smallest absolute Gasteiger partial charge is 0.228 e. The number of H-pyrrole nitrogens is 1. The molecule has 192 valence electrons. The van der Waals surface area contributed by atoms with Crippen LogP contribution in [0.15, 0.2) is 54.7 Å². The molecule has 9 heteroatoms. The molecule has 2 aromatic heterocycles. The first-order valence-electron chi connectivity index (χ1n) is 12.5. The monoisotopic (exact) mass is 504 g/mol. The lowest BCUT2D eigenvalue weighted by atomic mass is 9.91. The average molecular weight is 505 g/mol. The largest absolute Gasteiger partial charge is 0.351 e. The van der Waals surface area contributed by atoms with E-state index in [9.17, 15) is 13.6 Å². The van der Waals surface area contributed by atoms with E-state index in [0.717, 1.165) is 36.8 Å². The quantitative estimate of drug-likeness (QED) is 0.315. The molecule has 0 aliphatic heterocycles. The molecule has 0 saturated heterocycles. The second-order valence-electron chi connectivity index (χ2n) is 9.84. The lowest BCUT2D eigenvalue weighted by molar-refractivity contribution is -0.115. The number of amides is 1. The Bertz CT molecular complexity index is 1390. The zero-order chi connectivity index (χ0) is 25.9. The van der Waals surface area contributed by atoms with Crippen molar-refractivity contribution >= 4 is 28.6 Å². The number of carbonyl (C=O) groups is 1. The maximum absolute atomic E-state index is 14.5. The van der Waals surface area contributed by atoms with Gasteiger partial charge >= 0.3 is 0 Å². The van der Waals surface area contributed by atoms with E-state index in [0.29, 0.717) is 34.8 Å². The predicted octanol–water partition coefficient (Wildman–Crippen LogP) is 5.37. The molecule has 0 unspecified atom stereocenters. The zero-order valence-corrected chi connectivity index (χ0v) is 20.9. The highest BCUT2D eigenvalue weighted by Gasteiger charge is 2.23. The third-order valence-corrected chi connectivity index (χ3v) is 6.96. The summed E-state index contributed by atoms with van der Waals surface area (Å²) in [5, 5.41) is 6.92. The fourth-order valence-corrected chi connectivity index (χ4v) is 4.83. The van der Waals surface area contributed by atoms with Gasteiger partial charge in [-0.3, -0.25) is 4.79 Å². The van der Waals surface area contributed by atoms with Crippen LogP contribution in [0.1, 0.15) is 31.2 Å². The van der Waals surface area contributed by atoms with Crippen molar-refractivity contribution < 1.29 is 13.6 Å². The van der Waals surface area contributed by atoms with E-state index in [1.54, 1.807) is 18.3 Å². The topological polar surface area (TPSA) is 85.9 Å². The summed E-state index contributed by atoms with van der Waals surface area (Å²) in [7, 11) is 4.26. The minimum Gasteiger partial charge on any atom is -0.351 e. The van der Waals surface area contributed by atoms with Crippen LogP contribution in [0.4, 0.5) is 20.4 Å². The molecule has 0 atom stereocenters. The van der Waals surface area contributed by atoms with E-state index in [1.165, 1.54) is 30.3 Å². The first kappa shape index (κ1) is 24.8. The van der Waals surface area contributed by atoms with Gasteiger partial charge in [0.15, 0.2) is 0 Å². The van der Waals surface area contributed by atoms with Crippen LogP contribution in [0.25, 0.3) is 22.3 Å². The molecular formula is C28H30F2N6O. The highest BCUT2D eigenvalue weighted by molar-refractivity contribution is 5.93. The molecule has 1 aliphatic rings. The Labute approximate surface area is 214 Å². The summed E-state index contributed by atoms with van der Waals surface area (Å²) in [6.07, 6.45) is 6.22. The van der Waals surface area contributed by atoms with Crippen molar-refractivity contribution in [1.82, 2.24) is 19.9 Å². The van der Waals surface area contributed by atoms with Crippen LogP contribution < -0.4 is 10.6 Å². The summed E-state index contributed by atoms with van der Waals surface area (Å²) in [6, 6.07) is 13.1. The maximum atomic E-state index is 14.5. The maximum Gasteiger partial charge on any atom is 0.228 e. The van der Waals surface area contributed by atoms with Crippen molar-refractivity contribution in [3.63, 3.8) is 0 Å². The average Bonchev–Trinajstić information content (AvgIpc) is 3.30. The van der Waals surface area contributed by atoms with Gasteiger partial charge < -0.3 is 20.5 Å². The molecule has 0 bridgehead atoms. The summed E-state index contributed by atoms with van der Waals surface area (Å²) in [6.45, 7) is 0. The van der Waals surface area contributed by atoms with Gasteiger partial charge in [0, 0.05) is 34.9 Å². The van der Waals surface area contributed by atoms with Gasteiger partial charge in [-0.1, -0.05) is 12.1 Å². The van der Waals surface area contributed by atoms with Crippen molar-refractivity contribution in [3.05, 3.63) is 71.9 Å². The molecular weight excluding hydrogens is 474 g/mol. The Morgan fingerprint density at radius 3 is 2.54 bits per heavy atom. The van der Waals surface area contributed by atoms with E-state index >= 15 is 0 Å². The summed E-state index contributed by atoms with van der Waals surface area (Å²) in [5.41, 5.74) is 2.83. The van der Waals surface area contributed by atoms with E-state index in [2.05, 4.69) is 44.6 Å². The summed E-state index contributed by atoms with van der Waals surface area (Å²) in [4.78, 5) is 27.2. The van der Waals surface area contributed by atoms with Crippen LogP contribution in [-0.4, -0.2) is 51.9 Å². The molecule has 1 saturated carbocycles. The molecule has 4 aromatic rings. The van der Waals surface area contributed by atoms with Crippen LogP contribution in [0.3, 0.4) is 0 Å².